The Kier molecular flexibility index (Phi) is 7.05. The van der Waals surface area contributed by atoms with Gasteiger partial charge in [-0.25, -0.2) is 0 Å². The maximum absolute atomic E-state index is 11.7. The predicted molar refractivity (Wildman–Crippen MR) is 85.1 cm³/mol. The molecule has 0 fully saturated rings. The molecule has 1 atom stereocenters. The fourth-order valence-corrected chi connectivity index (χ4v) is 2.95. The average molecular weight is 320 g/mol. The quantitative estimate of drug-likeness (QED) is 0.842. The lowest BCUT2D eigenvalue weighted by atomic mass is 10.1. The number of hydrogen-bond donors (Lipinski definition) is 1. The Labute approximate surface area is 129 Å². The van der Waals surface area contributed by atoms with Gasteiger partial charge in [0, 0.05) is 21.8 Å². The molecule has 19 heavy (non-hydrogen) atoms. The molecule has 5 heteroatoms. The minimum absolute atomic E-state index is 0.0503. The van der Waals surface area contributed by atoms with E-state index in [9.17, 15) is 4.79 Å². The first-order valence-electron chi connectivity index (χ1n) is 6.21. The maximum atomic E-state index is 11.7. The van der Waals surface area contributed by atoms with Crippen molar-refractivity contribution in [1.29, 1.82) is 0 Å². The van der Waals surface area contributed by atoms with Gasteiger partial charge in [-0.2, -0.15) is 0 Å². The van der Waals surface area contributed by atoms with E-state index in [-0.39, 0.29) is 11.9 Å². The number of nitrogens with one attached hydrogen (secondary N) is 1. The Hall–Kier alpha value is -0.380. The third kappa shape index (κ3) is 5.64. The number of carbonyl (C=O) groups excluding carboxylic acids is 1. The molecule has 1 N–H and O–H groups in total. The van der Waals surface area contributed by atoms with E-state index in [1.165, 1.54) is 11.8 Å². The minimum atomic E-state index is 0.0503. The molecule has 0 spiro atoms. The number of benzene rings is 1. The van der Waals surface area contributed by atoms with Gasteiger partial charge in [0.15, 0.2) is 0 Å². The summed E-state index contributed by atoms with van der Waals surface area (Å²) < 4.78 is 0. The van der Waals surface area contributed by atoms with Crippen molar-refractivity contribution in [2.45, 2.75) is 32.6 Å². The second-order valence-corrected chi connectivity index (χ2v) is 6.59. The standard InChI is InChI=1S/C14H19Cl2NOS/c1-9(2)10(3)17-14(18)8-19-7-11-12(15)5-4-6-13(11)16/h4-6,9-10H,7-8H2,1-3H3,(H,17,18). The van der Waals surface area contributed by atoms with Crippen molar-refractivity contribution in [1.82, 2.24) is 5.32 Å². The first kappa shape index (κ1) is 16.7. The molecule has 1 amide bonds. The molecule has 0 aliphatic heterocycles. The monoisotopic (exact) mass is 319 g/mol. The van der Waals surface area contributed by atoms with E-state index in [0.29, 0.717) is 27.5 Å². The summed E-state index contributed by atoms with van der Waals surface area (Å²) in [6.07, 6.45) is 0. The van der Waals surface area contributed by atoms with E-state index in [2.05, 4.69) is 19.2 Å². The van der Waals surface area contributed by atoms with Crippen molar-refractivity contribution in [2.24, 2.45) is 5.92 Å². The number of thioether (sulfide) groups is 1. The van der Waals surface area contributed by atoms with Gasteiger partial charge in [-0.1, -0.05) is 43.1 Å². The Bertz CT molecular complexity index is 417. The van der Waals surface area contributed by atoms with Crippen molar-refractivity contribution < 1.29 is 4.79 Å². The topological polar surface area (TPSA) is 29.1 Å². The molecule has 0 heterocycles. The molecule has 106 valence electrons. The fraction of sp³-hybridized carbons (Fsp3) is 0.500. The largest absolute Gasteiger partial charge is 0.353 e. The van der Waals surface area contributed by atoms with Crippen LogP contribution in [0.1, 0.15) is 26.3 Å². The molecule has 0 aliphatic carbocycles. The molecule has 0 saturated heterocycles. The lowest BCUT2D eigenvalue weighted by Crippen LogP contribution is -2.37. The Balaban J connectivity index is 2.40. The summed E-state index contributed by atoms with van der Waals surface area (Å²) in [5.41, 5.74) is 0.889. The number of rotatable bonds is 6. The highest BCUT2D eigenvalue weighted by molar-refractivity contribution is 7.99. The molecule has 2 nitrogen and oxygen atoms in total. The fourth-order valence-electron chi connectivity index (χ4n) is 1.38. The first-order chi connectivity index (χ1) is 8.91. The molecular weight excluding hydrogens is 301 g/mol. The second kappa shape index (κ2) is 8.03. The van der Waals surface area contributed by atoms with Crippen LogP contribution < -0.4 is 5.32 Å². The first-order valence-corrected chi connectivity index (χ1v) is 8.13. The van der Waals surface area contributed by atoms with Crippen LogP contribution in [-0.4, -0.2) is 17.7 Å². The third-order valence-electron chi connectivity index (χ3n) is 2.93. The summed E-state index contributed by atoms with van der Waals surface area (Å²) in [6.45, 7) is 6.18. The van der Waals surface area contributed by atoms with Gasteiger partial charge in [0.25, 0.3) is 0 Å². The molecule has 0 aliphatic rings. The van der Waals surface area contributed by atoms with Crippen molar-refractivity contribution in [3.05, 3.63) is 33.8 Å². The predicted octanol–water partition coefficient (Wildman–Crippen LogP) is 4.39. The zero-order valence-corrected chi connectivity index (χ0v) is 13.7. The van der Waals surface area contributed by atoms with E-state index in [0.717, 1.165) is 5.56 Å². The average Bonchev–Trinajstić information content (AvgIpc) is 2.32. The van der Waals surface area contributed by atoms with Gasteiger partial charge in [-0.15, -0.1) is 11.8 Å². The van der Waals surface area contributed by atoms with Gasteiger partial charge >= 0.3 is 0 Å². The zero-order chi connectivity index (χ0) is 14.4. The smallest absolute Gasteiger partial charge is 0.230 e. The van der Waals surface area contributed by atoms with Crippen LogP contribution in [0.15, 0.2) is 18.2 Å². The van der Waals surface area contributed by atoms with E-state index in [1.807, 2.05) is 25.1 Å². The number of hydrogen-bond acceptors (Lipinski definition) is 2. The van der Waals surface area contributed by atoms with Crippen LogP contribution >= 0.6 is 35.0 Å². The van der Waals surface area contributed by atoms with Crippen LogP contribution in [0.5, 0.6) is 0 Å². The van der Waals surface area contributed by atoms with Crippen molar-refractivity contribution in [3.8, 4) is 0 Å². The highest BCUT2D eigenvalue weighted by Crippen LogP contribution is 2.28. The molecule has 1 unspecified atom stereocenters. The summed E-state index contributed by atoms with van der Waals surface area (Å²) in [5.74, 6) is 1.54. The highest BCUT2D eigenvalue weighted by atomic mass is 35.5. The van der Waals surface area contributed by atoms with Crippen molar-refractivity contribution in [3.63, 3.8) is 0 Å². The number of amides is 1. The molecule has 0 bridgehead atoms. The third-order valence-corrected chi connectivity index (χ3v) is 4.60. The van der Waals surface area contributed by atoms with Crippen molar-refractivity contribution in [2.75, 3.05) is 5.75 Å². The molecular formula is C14H19Cl2NOS. The van der Waals surface area contributed by atoms with Crippen LogP contribution in [-0.2, 0) is 10.5 Å². The normalized spacial score (nSPS) is 12.5. The van der Waals surface area contributed by atoms with Crippen molar-refractivity contribution >= 4 is 40.9 Å². The second-order valence-electron chi connectivity index (χ2n) is 4.79. The van der Waals surface area contributed by atoms with E-state index >= 15 is 0 Å². The molecule has 0 radical (unpaired) electrons. The van der Waals surface area contributed by atoms with Crippen LogP contribution in [0.25, 0.3) is 0 Å². The van der Waals surface area contributed by atoms with Crippen LogP contribution in [0.4, 0.5) is 0 Å². The summed E-state index contributed by atoms with van der Waals surface area (Å²) in [5, 5.41) is 4.27. The summed E-state index contributed by atoms with van der Waals surface area (Å²) in [4.78, 5) is 11.7. The maximum Gasteiger partial charge on any atom is 0.230 e. The molecule has 1 aromatic rings. The SMILES string of the molecule is CC(C)C(C)NC(=O)CSCc1c(Cl)cccc1Cl. The minimum Gasteiger partial charge on any atom is -0.353 e. The van der Waals surface area contributed by atoms with E-state index in [1.54, 1.807) is 0 Å². The van der Waals surface area contributed by atoms with Gasteiger partial charge < -0.3 is 5.32 Å². The Morgan fingerprint density at radius 2 is 1.84 bits per heavy atom. The van der Waals surface area contributed by atoms with Gasteiger partial charge in [0.1, 0.15) is 0 Å². The van der Waals surface area contributed by atoms with Gasteiger partial charge in [0.05, 0.1) is 5.75 Å². The van der Waals surface area contributed by atoms with Crippen LogP contribution in [0.2, 0.25) is 10.0 Å². The van der Waals surface area contributed by atoms with Gasteiger partial charge in [-0.05, 0) is 30.5 Å². The summed E-state index contributed by atoms with van der Waals surface area (Å²) in [6, 6.07) is 5.63. The van der Waals surface area contributed by atoms with E-state index in [4.69, 9.17) is 23.2 Å². The van der Waals surface area contributed by atoms with Gasteiger partial charge in [0.2, 0.25) is 5.91 Å². The number of halogens is 2. The Morgan fingerprint density at radius 1 is 1.26 bits per heavy atom. The molecule has 1 aromatic carbocycles. The zero-order valence-electron chi connectivity index (χ0n) is 11.4. The molecule has 1 rings (SSSR count). The molecule has 0 aromatic heterocycles. The lowest BCUT2D eigenvalue weighted by molar-refractivity contribution is -0.119. The number of carbonyl (C=O) groups is 1. The molecule has 0 saturated carbocycles. The van der Waals surface area contributed by atoms with E-state index < -0.39 is 0 Å². The highest BCUT2D eigenvalue weighted by Gasteiger charge is 2.11. The summed E-state index contributed by atoms with van der Waals surface area (Å²) in [7, 11) is 0. The summed E-state index contributed by atoms with van der Waals surface area (Å²) >= 11 is 13.7. The van der Waals surface area contributed by atoms with Gasteiger partial charge in [-0.3, -0.25) is 4.79 Å². The van der Waals surface area contributed by atoms with Crippen LogP contribution in [0, 0.1) is 5.92 Å². The Morgan fingerprint density at radius 3 is 2.37 bits per heavy atom. The lowest BCUT2D eigenvalue weighted by Gasteiger charge is -2.17. The van der Waals surface area contributed by atoms with Crippen LogP contribution in [0.3, 0.4) is 0 Å².